The molecule has 0 unspecified atom stereocenters. The number of aryl methyl sites for hydroxylation is 1. The second-order valence-electron chi connectivity index (χ2n) is 3.49. The van der Waals surface area contributed by atoms with Gasteiger partial charge in [-0.05, 0) is 24.8 Å². The molecule has 17 heavy (non-hydrogen) atoms. The molecule has 0 amide bonds. The smallest absolute Gasteiger partial charge is 0.276 e. The van der Waals surface area contributed by atoms with Gasteiger partial charge in [-0.3, -0.25) is 9.55 Å². The molecular weight excluding hydrogens is 236 g/mol. The second-order valence-corrected chi connectivity index (χ2v) is 4.26. The molecule has 2 heterocycles. The van der Waals surface area contributed by atoms with Gasteiger partial charge in [0.05, 0.1) is 6.54 Å². The Labute approximate surface area is 103 Å². The third kappa shape index (κ3) is 2.71. The van der Waals surface area contributed by atoms with Crippen molar-refractivity contribution in [2.45, 2.75) is 18.6 Å². The van der Waals surface area contributed by atoms with Crippen molar-refractivity contribution in [1.82, 2.24) is 19.5 Å². The number of pyridine rings is 1. The Morgan fingerprint density at radius 2 is 2.24 bits per heavy atom. The molecule has 0 saturated carbocycles. The normalized spacial score (nSPS) is 10.5. The largest absolute Gasteiger partial charge is 0.351 e. The third-order valence-corrected chi connectivity index (χ3v) is 2.86. The zero-order valence-electron chi connectivity index (χ0n) is 9.62. The topological polar surface area (TPSA) is 60.7 Å². The highest BCUT2D eigenvalue weighted by Crippen LogP contribution is 2.06. The van der Waals surface area contributed by atoms with E-state index in [4.69, 9.17) is 0 Å². The summed E-state index contributed by atoms with van der Waals surface area (Å²) in [7, 11) is 0. The van der Waals surface area contributed by atoms with E-state index in [1.54, 1.807) is 19.3 Å². The first-order chi connectivity index (χ1) is 8.20. The molecule has 0 saturated heterocycles. The average molecular weight is 248 g/mol. The summed E-state index contributed by atoms with van der Waals surface area (Å²) in [5.74, 6) is 0.665. The van der Waals surface area contributed by atoms with E-state index in [-0.39, 0.29) is 5.69 Å². The van der Waals surface area contributed by atoms with E-state index in [2.05, 4.69) is 15.0 Å². The third-order valence-electron chi connectivity index (χ3n) is 2.32. The van der Waals surface area contributed by atoms with Crippen LogP contribution in [0.1, 0.15) is 11.4 Å². The van der Waals surface area contributed by atoms with Gasteiger partial charge >= 0.3 is 5.69 Å². The zero-order valence-corrected chi connectivity index (χ0v) is 10.4. The Morgan fingerprint density at radius 1 is 1.41 bits per heavy atom. The van der Waals surface area contributed by atoms with Crippen LogP contribution in [-0.4, -0.2) is 25.8 Å². The molecule has 2 aromatic rings. The molecule has 0 aliphatic heterocycles. The Hall–Kier alpha value is -1.69. The Bertz CT molecular complexity index is 567. The van der Waals surface area contributed by atoms with Gasteiger partial charge in [0.1, 0.15) is 5.82 Å². The molecule has 0 spiro atoms. The lowest BCUT2D eigenvalue weighted by atomic mass is 10.3. The zero-order chi connectivity index (χ0) is 12.3. The van der Waals surface area contributed by atoms with Crippen LogP contribution >= 0.6 is 11.8 Å². The molecule has 2 aromatic heterocycles. The molecule has 0 radical (unpaired) electrons. The number of nitrogens with zero attached hydrogens (tertiary/aromatic N) is 4. The van der Waals surface area contributed by atoms with Crippen LogP contribution in [0.15, 0.2) is 34.5 Å². The van der Waals surface area contributed by atoms with Crippen LogP contribution in [0.3, 0.4) is 0 Å². The molecule has 88 valence electrons. The molecule has 5 nitrogen and oxygen atoms in total. The van der Waals surface area contributed by atoms with Crippen LogP contribution in [0.4, 0.5) is 0 Å². The first kappa shape index (κ1) is 11.8. The van der Waals surface area contributed by atoms with Gasteiger partial charge in [-0.15, -0.1) is 0 Å². The molecule has 2 rings (SSSR count). The van der Waals surface area contributed by atoms with Gasteiger partial charge in [0.15, 0.2) is 5.16 Å². The van der Waals surface area contributed by atoms with Crippen LogP contribution in [0.2, 0.25) is 0 Å². The van der Waals surface area contributed by atoms with Crippen molar-refractivity contribution in [2.24, 2.45) is 0 Å². The molecule has 0 aliphatic rings. The van der Waals surface area contributed by atoms with Crippen molar-refractivity contribution in [1.29, 1.82) is 0 Å². The first-order valence-electron chi connectivity index (χ1n) is 5.09. The van der Waals surface area contributed by atoms with Crippen molar-refractivity contribution >= 4 is 11.8 Å². The Kier molecular flexibility index (Phi) is 3.53. The molecular formula is C11H12N4OS. The minimum absolute atomic E-state index is 0.272. The highest BCUT2D eigenvalue weighted by molar-refractivity contribution is 7.98. The summed E-state index contributed by atoms with van der Waals surface area (Å²) in [6.07, 6.45) is 5.28. The van der Waals surface area contributed by atoms with Crippen molar-refractivity contribution < 1.29 is 0 Å². The molecule has 0 aromatic carbocycles. The summed E-state index contributed by atoms with van der Waals surface area (Å²) < 4.78 is 1.54. The minimum Gasteiger partial charge on any atom is -0.276 e. The quantitative estimate of drug-likeness (QED) is 0.761. The van der Waals surface area contributed by atoms with Crippen molar-refractivity contribution in [3.05, 3.63) is 46.4 Å². The second kappa shape index (κ2) is 5.09. The van der Waals surface area contributed by atoms with Crippen molar-refractivity contribution in [2.75, 3.05) is 6.26 Å². The van der Waals surface area contributed by atoms with E-state index < -0.39 is 0 Å². The molecule has 6 heteroatoms. The fourth-order valence-corrected chi connectivity index (χ4v) is 1.84. The minimum atomic E-state index is -0.272. The van der Waals surface area contributed by atoms with Crippen LogP contribution in [0.5, 0.6) is 0 Å². The summed E-state index contributed by atoms with van der Waals surface area (Å²) in [5, 5.41) is 0.509. The maximum Gasteiger partial charge on any atom is 0.351 e. The maximum absolute atomic E-state index is 11.8. The van der Waals surface area contributed by atoms with E-state index in [1.165, 1.54) is 16.3 Å². The standard InChI is InChI=1S/C11H12N4OS/c1-8-13-10(17-2)14-11(16)15(8)7-9-4-3-5-12-6-9/h3-6H,7H2,1-2H3. The number of hydrogen-bond donors (Lipinski definition) is 0. The van der Waals surface area contributed by atoms with Gasteiger partial charge in [0.2, 0.25) is 0 Å². The molecule has 0 bridgehead atoms. The van der Waals surface area contributed by atoms with Gasteiger partial charge in [0, 0.05) is 12.4 Å². The summed E-state index contributed by atoms with van der Waals surface area (Å²) in [5.41, 5.74) is 0.684. The van der Waals surface area contributed by atoms with Crippen LogP contribution < -0.4 is 5.69 Å². The summed E-state index contributed by atoms with van der Waals surface area (Å²) in [4.78, 5) is 23.9. The number of thioether (sulfide) groups is 1. The predicted molar refractivity (Wildman–Crippen MR) is 66.1 cm³/mol. The van der Waals surface area contributed by atoms with Crippen molar-refractivity contribution in [3.8, 4) is 0 Å². The SMILES string of the molecule is CSc1nc(C)n(Cc2cccnc2)c(=O)n1. The van der Waals surface area contributed by atoms with E-state index in [0.717, 1.165) is 5.56 Å². The number of hydrogen-bond acceptors (Lipinski definition) is 5. The van der Waals surface area contributed by atoms with Gasteiger partial charge < -0.3 is 0 Å². The summed E-state index contributed by atoms with van der Waals surface area (Å²) in [6, 6.07) is 3.76. The monoisotopic (exact) mass is 248 g/mol. The van der Waals surface area contributed by atoms with Crippen LogP contribution in [0, 0.1) is 6.92 Å². The first-order valence-corrected chi connectivity index (χ1v) is 6.31. The lowest BCUT2D eigenvalue weighted by Crippen LogP contribution is -2.27. The van der Waals surface area contributed by atoms with Crippen LogP contribution in [-0.2, 0) is 6.54 Å². The maximum atomic E-state index is 11.8. The highest BCUT2D eigenvalue weighted by atomic mass is 32.2. The highest BCUT2D eigenvalue weighted by Gasteiger charge is 2.06. The predicted octanol–water partition coefficient (Wildman–Crippen LogP) is 1.11. The number of aromatic nitrogens is 4. The molecule has 0 aliphatic carbocycles. The van der Waals surface area contributed by atoms with Gasteiger partial charge in [-0.1, -0.05) is 17.8 Å². The lowest BCUT2D eigenvalue weighted by Gasteiger charge is -2.08. The van der Waals surface area contributed by atoms with Gasteiger partial charge in [0.25, 0.3) is 0 Å². The number of rotatable bonds is 3. The average Bonchev–Trinajstić information content (AvgIpc) is 2.35. The molecule has 0 atom stereocenters. The van der Waals surface area contributed by atoms with Crippen molar-refractivity contribution in [3.63, 3.8) is 0 Å². The fourth-order valence-electron chi connectivity index (χ4n) is 1.45. The van der Waals surface area contributed by atoms with E-state index >= 15 is 0 Å². The van der Waals surface area contributed by atoms with Crippen LogP contribution in [0.25, 0.3) is 0 Å². The van der Waals surface area contributed by atoms with Gasteiger partial charge in [-0.25, -0.2) is 9.78 Å². The summed E-state index contributed by atoms with van der Waals surface area (Å²) in [6.45, 7) is 2.26. The molecule has 0 N–H and O–H groups in total. The van der Waals surface area contributed by atoms with Gasteiger partial charge in [-0.2, -0.15) is 4.98 Å². The lowest BCUT2D eigenvalue weighted by molar-refractivity contribution is 0.634. The summed E-state index contributed by atoms with van der Waals surface area (Å²) >= 11 is 1.36. The fraction of sp³-hybridized carbons (Fsp3) is 0.273. The molecule has 0 fully saturated rings. The Balaban J connectivity index is 2.37. The van der Waals surface area contributed by atoms with E-state index in [1.807, 2.05) is 18.4 Å². The van der Waals surface area contributed by atoms with E-state index in [9.17, 15) is 4.79 Å². The van der Waals surface area contributed by atoms with E-state index in [0.29, 0.717) is 17.5 Å². The Morgan fingerprint density at radius 3 is 2.82 bits per heavy atom.